The lowest BCUT2D eigenvalue weighted by Crippen LogP contribution is -2.25. The zero-order chi connectivity index (χ0) is 10.3. The number of methoxy groups -OCH3 is 1. The highest BCUT2D eigenvalue weighted by Crippen LogP contribution is 2.23. The van der Waals surface area contributed by atoms with Crippen molar-refractivity contribution in [2.45, 2.75) is 26.7 Å². The first kappa shape index (κ1) is 12.2. The van der Waals surface area contributed by atoms with Gasteiger partial charge in [0.25, 0.3) is 0 Å². The van der Waals surface area contributed by atoms with E-state index in [2.05, 4.69) is 4.74 Å². The normalized spacial score (nSPS) is 12.0. The summed E-state index contributed by atoms with van der Waals surface area (Å²) in [4.78, 5) is 11.2. The average Bonchev–Trinajstić information content (AvgIpc) is 2.11. The summed E-state index contributed by atoms with van der Waals surface area (Å²) in [5, 5.41) is 8.47. The third-order valence-electron chi connectivity index (χ3n) is 1.95. The number of aliphatic hydroxyl groups is 1. The van der Waals surface area contributed by atoms with E-state index >= 15 is 0 Å². The molecular formula is C10H18O3. The van der Waals surface area contributed by atoms with Crippen LogP contribution in [0.2, 0.25) is 0 Å². The van der Waals surface area contributed by atoms with Crippen molar-refractivity contribution >= 4 is 5.97 Å². The van der Waals surface area contributed by atoms with Gasteiger partial charge < -0.3 is 9.84 Å². The zero-order valence-corrected chi connectivity index (χ0v) is 8.54. The minimum Gasteiger partial charge on any atom is -0.469 e. The fourth-order valence-corrected chi connectivity index (χ4v) is 1.01. The maximum atomic E-state index is 11.2. The Balaban J connectivity index is 3.88. The van der Waals surface area contributed by atoms with E-state index in [1.54, 1.807) is 6.08 Å². The Labute approximate surface area is 79.4 Å². The predicted molar refractivity (Wildman–Crippen MR) is 51.3 cm³/mol. The topological polar surface area (TPSA) is 46.5 Å². The van der Waals surface area contributed by atoms with Gasteiger partial charge in [0.1, 0.15) is 0 Å². The number of rotatable bonds is 5. The van der Waals surface area contributed by atoms with Crippen LogP contribution in [0.5, 0.6) is 0 Å². The monoisotopic (exact) mass is 186 g/mol. The summed E-state index contributed by atoms with van der Waals surface area (Å²) in [6, 6.07) is 0. The molecule has 3 heteroatoms. The molecule has 0 rings (SSSR count). The zero-order valence-electron chi connectivity index (χ0n) is 8.54. The summed E-state index contributed by atoms with van der Waals surface area (Å²) in [6.45, 7) is 3.76. The van der Waals surface area contributed by atoms with Crippen LogP contribution < -0.4 is 0 Å². The Morgan fingerprint density at radius 1 is 1.46 bits per heavy atom. The minimum absolute atomic E-state index is 0.0542. The van der Waals surface area contributed by atoms with E-state index in [0.29, 0.717) is 0 Å². The van der Waals surface area contributed by atoms with Crippen molar-refractivity contribution in [2.75, 3.05) is 13.7 Å². The summed E-state index contributed by atoms with van der Waals surface area (Å²) in [6.07, 6.45) is 5.05. The molecule has 0 aromatic rings. The molecule has 0 aromatic carbocycles. The molecule has 0 bridgehead atoms. The molecule has 1 N–H and O–H groups in total. The average molecular weight is 186 g/mol. The van der Waals surface area contributed by atoms with Crippen LogP contribution in [0.3, 0.4) is 0 Å². The van der Waals surface area contributed by atoms with Crippen LogP contribution in [0.1, 0.15) is 26.7 Å². The van der Waals surface area contributed by atoms with Gasteiger partial charge in [0, 0.05) is 0 Å². The first-order chi connectivity index (χ1) is 6.04. The summed E-state index contributed by atoms with van der Waals surface area (Å²) in [7, 11) is 1.40. The Morgan fingerprint density at radius 2 is 2.08 bits per heavy atom. The Kier molecular flexibility index (Phi) is 5.39. The van der Waals surface area contributed by atoms with E-state index in [-0.39, 0.29) is 12.6 Å². The van der Waals surface area contributed by atoms with E-state index in [4.69, 9.17) is 5.11 Å². The molecule has 0 amide bonds. The number of hydrogen-bond acceptors (Lipinski definition) is 3. The molecule has 0 fully saturated rings. The third-order valence-corrected chi connectivity index (χ3v) is 1.95. The van der Waals surface area contributed by atoms with E-state index in [1.165, 1.54) is 7.11 Å². The smallest absolute Gasteiger partial charge is 0.311 e. The Morgan fingerprint density at radius 3 is 2.54 bits per heavy atom. The van der Waals surface area contributed by atoms with Gasteiger partial charge in [-0.25, -0.2) is 0 Å². The summed E-state index contributed by atoms with van der Waals surface area (Å²) in [5.41, 5.74) is -0.436. The lowest BCUT2D eigenvalue weighted by atomic mass is 9.88. The molecule has 0 aliphatic heterocycles. The van der Waals surface area contributed by atoms with Crippen molar-refractivity contribution in [3.63, 3.8) is 0 Å². The molecule has 76 valence electrons. The first-order valence-corrected chi connectivity index (χ1v) is 4.39. The summed E-state index contributed by atoms with van der Waals surface area (Å²) >= 11 is 0. The largest absolute Gasteiger partial charge is 0.469 e. The van der Waals surface area contributed by atoms with Gasteiger partial charge in [0.05, 0.1) is 19.1 Å². The van der Waals surface area contributed by atoms with Crippen molar-refractivity contribution in [2.24, 2.45) is 5.41 Å². The molecule has 0 atom stereocenters. The van der Waals surface area contributed by atoms with Crippen molar-refractivity contribution in [3.05, 3.63) is 12.2 Å². The number of aliphatic hydroxyl groups excluding tert-OH is 1. The quantitative estimate of drug-likeness (QED) is 0.523. The highest BCUT2D eigenvalue weighted by molar-refractivity contribution is 5.75. The van der Waals surface area contributed by atoms with Crippen LogP contribution in [0.4, 0.5) is 0 Å². The number of ether oxygens (including phenoxy) is 1. The molecule has 3 nitrogen and oxygen atoms in total. The Bertz CT molecular complexity index is 183. The van der Waals surface area contributed by atoms with Crippen molar-refractivity contribution in [1.82, 2.24) is 0 Å². The van der Waals surface area contributed by atoms with Crippen molar-refractivity contribution in [3.8, 4) is 0 Å². The third kappa shape index (κ3) is 4.68. The summed E-state index contributed by atoms with van der Waals surface area (Å²) in [5.74, 6) is -0.190. The number of hydrogen-bond donors (Lipinski definition) is 1. The van der Waals surface area contributed by atoms with Crippen LogP contribution in [0.25, 0.3) is 0 Å². The van der Waals surface area contributed by atoms with E-state index in [9.17, 15) is 4.79 Å². The number of esters is 1. The van der Waals surface area contributed by atoms with Gasteiger partial charge in [-0.05, 0) is 26.7 Å². The number of carbonyl (C=O) groups excluding carboxylic acids is 1. The molecule has 0 saturated heterocycles. The van der Waals surface area contributed by atoms with E-state index < -0.39 is 5.41 Å². The van der Waals surface area contributed by atoms with Gasteiger partial charge in [0.15, 0.2) is 0 Å². The standard InChI is InChI=1S/C10H18O3/c1-10(2,9(12)13-3)7-5-4-6-8-11/h4,6,11H,5,7-8H2,1-3H3/b6-4+. The maximum Gasteiger partial charge on any atom is 0.311 e. The molecule has 0 radical (unpaired) electrons. The molecule has 13 heavy (non-hydrogen) atoms. The van der Waals surface area contributed by atoms with Crippen molar-refractivity contribution < 1.29 is 14.6 Å². The van der Waals surface area contributed by atoms with Gasteiger partial charge in [-0.1, -0.05) is 12.2 Å². The molecule has 0 unspecified atom stereocenters. The van der Waals surface area contributed by atoms with Gasteiger partial charge in [-0.3, -0.25) is 4.79 Å². The van der Waals surface area contributed by atoms with E-state index in [0.717, 1.165) is 12.8 Å². The molecule has 0 saturated carbocycles. The SMILES string of the molecule is COC(=O)C(C)(C)CC/C=C/CO. The van der Waals surface area contributed by atoms with Crippen LogP contribution in [-0.4, -0.2) is 24.8 Å². The molecule has 0 heterocycles. The first-order valence-electron chi connectivity index (χ1n) is 4.39. The van der Waals surface area contributed by atoms with Crippen molar-refractivity contribution in [1.29, 1.82) is 0 Å². The minimum atomic E-state index is -0.436. The fourth-order valence-electron chi connectivity index (χ4n) is 1.01. The van der Waals surface area contributed by atoms with Crippen LogP contribution in [-0.2, 0) is 9.53 Å². The maximum absolute atomic E-state index is 11.2. The molecule has 0 aliphatic rings. The van der Waals surface area contributed by atoms with Gasteiger partial charge in [-0.2, -0.15) is 0 Å². The highest BCUT2D eigenvalue weighted by Gasteiger charge is 2.27. The fraction of sp³-hybridized carbons (Fsp3) is 0.700. The summed E-state index contributed by atoms with van der Waals surface area (Å²) < 4.78 is 4.66. The van der Waals surface area contributed by atoms with Gasteiger partial charge in [0.2, 0.25) is 0 Å². The highest BCUT2D eigenvalue weighted by atomic mass is 16.5. The van der Waals surface area contributed by atoms with Crippen LogP contribution in [0.15, 0.2) is 12.2 Å². The second-order valence-electron chi connectivity index (χ2n) is 3.57. The van der Waals surface area contributed by atoms with Gasteiger partial charge >= 0.3 is 5.97 Å². The van der Waals surface area contributed by atoms with Crippen LogP contribution >= 0.6 is 0 Å². The van der Waals surface area contributed by atoms with Crippen LogP contribution in [0, 0.1) is 5.41 Å². The lowest BCUT2D eigenvalue weighted by molar-refractivity contribution is -0.151. The lowest BCUT2D eigenvalue weighted by Gasteiger charge is -2.20. The second-order valence-corrected chi connectivity index (χ2v) is 3.57. The molecular weight excluding hydrogens is 168 g/mol. The predicted octanol–water partition coefficient (Wildman–Crippen LogP) is 1.51. The Hall–Kier alpha value is -0.830. The second kappa shape index (κ2) is 5.75. The van der Waals surface area contributed by atoms with E-state index in [1.807, 2.05) is 19.9 Å². The van der Waals surface area contributed by atoms with Gasteiger partial charge in [-0.15, -0.1) is 0 Å². The molecule has 0 aromatic heterocycles. The number of carbonyl (C=O) groups is 1. The molecule has 0 spiro atoms. The molecule has 0 aliphatic carbocycles. The number of allylic oxidation sites excluding steroid dienone is 1.